The van der Waals surface area contributed by atoms with Gasteiger partial charge >= 0.3 is 0 Å². The number of amides is 1. The Morgan fingerprint density at radius 1 is 1.10 bits per heavy atom. The first kappa shape index (κ1) is 22.0. The standard InChI is InChI=1S/C19H18Cl2F2N2O3S/c1-10-3-2-4-17(10)25-29(27,28)12-5-6-14(20)13(9-12)19(26)24-11-7-15(21)18(23)16(22)8-11/h5-10,17,25H,2-4H2,1H3,(H,24,26). The second kappa shape index (κ2) is 8.55. The number of carbonyl (C=O) groups excluding carboxylic acids is 1. The molecule has 1 saturated carbocycles. The van der Waals surface area contributed by atoms with E-state index >= 15 is 0 Å². The van der Waals surface area contributed by atoms with Crippen LogP contribution in [0.5, 0.6) is 0 Å². The second-order valence-electron chi connectivity index (χ2n) is 6.99. The number of benzene rings is 2. The van der Waals surface area contributed by atoms with Crippen molar-refractivity contribution < 1.29 is 22.0 Å². The molecule has 2 aromatic carbocycles. The molecule has 1 aliphatic rings. The van der Waals surface area contributed by atoms with Crippen molar-refractivity contribution in [3.8, 4) is 0 Å². The van der Waals surface area contributed by atoms with E-state index in [1.165, 1.54) is 12.1 Å². The van der Waals surface area contributed by atoms with Gasteiger partial charge in [-0.2, -0.15) is 0 Å². The van der Waals surface area contributed by atoms with Gasteiger partial charge in [0.1, 0.15) is 0 Å². The smallest absolute Gasteiger partial charge is 0.257 e. The first-order valence-electron chi connectivity index (χ1n) is 8.86. The maximum Gasteiger partial charge on any atom is 0.257 e. The van der Waals surface area contributed by atoms with Crippen LogP contribution in [-0.2, 0) is 10.0 Å². The van der Waals surface area contributed by atoms with Crippen LogP contribution < -0.4 is 10.0 Å². The van der Waals surface area contributed by atoms with Crippen LogP contribution in [0.1, 0.15) is 36.5 Å². The van der Waals surface area contributed by atoms with E-state index in [2.05, 4.69) is 10.0 Å². The van der Waals surface area contributed by atoms with Gasteiger partial charge in [-0.15, -0.1) is 0 Å². The van der Waals surface area contributed by atoms with Crippen molar-refractivity contribution in [2.75, 3.05) is 5.32 Å². The van der Waals surface area contributed by atoms with Gasteiger partial charge in [0.2, 0.25) is 10.0 Å². The highest BCUT2D eigenvalue weighted by Crippen LogP contribution is 2.28. The third-order valence-corrected chi connectivity index (χ3v) is 6.99. The van der Waals surface area contributed by atoms with Crippen molar-refractivity contribution in [3.63, 3.8) is 0 Å². The lowest BCUT2D eigenvalue weighted by Gasteiger charge is -2.18. The lowest BCUT2D eigenvalue weighted by Crippen LogP contribution is -2.36. The van der Waals surface area contributed by atoms with Gasteiger partial charge in [0.15, 0.2) is 11.6 Å². The van der Waals surface area contributed by atoms with Crippen LogP contribution in [0.4, 0.5) is 14.5 Å². The summed E-state index contributed by atoms with van der Waals surface area (Å²) in [6, 6.07) is 5.36. The molecule has 2 aromatic rings. The maximum atomic E-state index is 13.5. The van der Waals surface area contributed by atoms with Gasteiger partial charge in [0.05, 0.1) is 20.5 Å². The molecule has 0 heterocycles. The molecule has 2 unspecified atom stereocenters. The predicted molar refractivity (Wildman–Crippen MR) is 108 cm³/mol. The number of hydrogen-bond acceptors (Lipinski definition) is 3. The molecule has 156 valence electrons. The summed E-state index contributed by atoms with van der Waals surface area (Å²) in [7, 11) is -3.86. The predicted octanol–water partition coefficient (Wildman–Crippen LogP) is 4.99. The Morgan fingerprint density at radius 2 is 1.83 bits per heavy atom. The lowest BCUT2D eigenvalue weighted by atomic mass is 10.1. The van der Waals surface area contributed by atoms with Gasteiger partial charge in [-0.25, -0.2) is 21.9 Å². The van der Waals surface area contributed by atoms with Crippen LogP contribution in [0.15, 0.2) is 35.2 Å². The van der Waals surface area contributed by atoms with Crippen LogP contribution in [-0.4, -0.2) is 20.4 Å². The van der Waals surface area contributed by atoms with Crippen LogP contribution in [0.3, 0.4) is 0 Å². The van der Waals surface area contributed by atoms with Crippen molar-refractivity contribution in [1.29, 1.82) is 0 Å². The molecule has 10 heteroatoms. The molecule has 0 saturated heterocycles. The Hall–Kier alpha value is -1.74. The third-order valence-electron chi connectivity index (χ3n) is 4.90. The minimum absolute atomic E-state index is 0.00404. The molecule has 3 rings (SSSR count). The zero-order valence-corrected chi connectivity index (χ0v) is 17.6. The molecule has 0 radical (unpaired) electrons. The molecular weight excluding hydrogens is 445 g/mol. The highest BCUT2D eigenvalue weighted by Gasteiger charge is 2.29. The van der Waals surface area contributed by atoms with E-state index in [1.54, 1.807) is 0 Å². The fraction of sp³-hybridized carbons (Fsp3) is 0.316. The van der Waals surface area contributed by atoms with Crippen molar-refractivity contribution in [2.24, 2.45) is 5.92 Å². The molecule has 1 fully saturated rings. The zero-order valence-electron chi connectivity index (χ0n) is 15.3. The molecule has 2 atom stereocenters. The highest BCUT2D eigenvalue weighted by atomic mass is 35.5. The van der Waals surface area contributed by atoms with E-state index in [1.807, 2.05) is 6.92 Å². The van der Waals surface area contributed by atoms with Crippen molar-refractivity contribution >= 4 is 44.8 Å². The Bertz CT molecular complexity index is 1040. The van der Waals surface area contributed by atoms with Crippen LogP contribution in [0.2, 0.25) is 10.0 Å². The minimum atomic E-state index is -3.86. The summed E-state index contributed by atoms with van der Waals surface area (Å²) in [4.78, 5) is 12.4. The molecule has 1 aliphatic carbocycles. The van der Waals surface area contributed by atoms with Gasteiger partial charge in [-0.3, -0.25) is 4.79 Å². The highest BCUT2D eigenvalue weighted by molar-refractivity contribution is 7.89. The Morgan fingerprint density at radius 3 is 2.45 bits per heavy atom. The van der Waals surface area contributed by atoms with Crippen molar-refractivity contribution in [3.05, 3.63) is 57.6 Å². The fourth-order valence-electron chi connectivity index (χ4n) is 3.26. The number of hydrogen-bond donors (Lipinski definition) is 2. The Balaban J connectivity index is 1.86. The quantitative estimate of drug-likeness (QED) is 0.614. The van der Waals surface area contributed by atoms with Crippen LogP contribution >= 0.6 is 23.2 Å². The molecule has 0 aromatic heterocycles. The van der Waals surface area contributed by atoms with Gasteiger partial charge < -0.3 is 5.32 Å². The number of halogens is 4. The zero-order chi connectivity index (χ0) is 21.3. The van der Waals surface area contributed by atoms with E-state index in [4.69, 9.17) is 23.2 Å². The monoisotopic (exact) mass is 462 g/mol. The number of sulfonamides is 1. The van der Waals surface area contributed by atoms with E-state index in [9.17, 15) is 22.0 Å². The Labute approximate surface area is 177 Å². The SMILES string of the molecule is CC1CCCC1NS(=O)(=O)c1ccc(Cl)c(C(=O)Nc2cc(F)c(F)c(Cl)c2)c1. The molecule has 2 N–H and O–H groups in total. The molecule has 0 aliphatic heterocycles. The summed E-state index contributed by atoms with van der Waals surface area (Å²) in [5, 5.41) is 1.84. The molecule has 0 bridgehead atoms. The maximum absolute atomic E-state index is 13.5. The Kier molecular flexibility index (Phi) is 6.48. The first-order chi connectivity index (χ1) is 13.6. The van der Waals surface area contributed by atoms with Gasteiger partial charge in [-0.1, -0.05) is 36.5 Å². The number of rotatable bonds is 5. The largest absolute Gasteiger partial charge is 0.322 e. The normalized spacial score (nSPS) is 19.3. The van der Waals surface area contributed by atoms with E-state index in [0.717, 1.165) is 37.5 Å². The summed E-state index contributed by atoms with van der Waals surface area (Å²) in [5.41, 5.74) is -0.226. The van der Waals surface area contributed by atoms with Gasteiger partial charge in [-0.05, 0) is 43.0 Å². The number of carbonyl (C=O) groups is 1. The second-order valence-corrected chi connectivity index (χ2v) is 9.51. The number of anilines is 1. The molecule has 1 amide bonds. The molecule has 5 nitrogen and oxygen atoms in total. The third kappa shape index (κ3) is 4.88. The fourth-order valence-corrected chi connectivity index (χ4v) is 5.08. The summed E-state index contributed by atoms with van der Waals surface area (Å²) in [5.74, 6) is -3.03. The number of nitrogens with one attached hydrogen (secondary N) is 2. The lowest BCUT2D eigenvalue weighted by molar-refractivity contribution is 0.102. The van der Waals surface area contributed by atoms with Gasteiger partial charge in [0, 0.05) is 17.8 Å². The molecule has 29 heavy (non-hydrogen) atoms. The van der Waals surface area contributed by atoms with Crippen molar-refractivity contribution in [1.82, 2.24) is 4.72 Å². The average molecular weight is 463 g/mol. The summed E-state index contributed by atoms with van der Waals surface area (Å²) in [6.45, 7) is 1.98. The van der Waals surface area contributed by atoms with Crippen LogP contribution in [0.25, 0.3) is 0 Å². The van der Waals surface area contributed by atoms with E-state index in [-0.39, 0.29) is 33.1 Å². The van der Waals surface area contributed by atoms with Crippen molar-refractivity contribution in [2.45, 2.75) is 37.1 Å². The average Bonchev–Trinajstić information content (AvgIpc) is 3.03. The van der Waals surface area contributed by atoms with Gasteiger partial charge in [0.25, 0.3) is 5.91 Å². The molecular formula is C19H18Cl2F2N2O3S. The van der Waals surface area contributed by atoms with E-state index < -0.39 is 32.6 Å². The van der Waals surface area contributed by atoms with E-state index in [0.29, 0.717) is 0 Å². The molecule has 0 spiro atoms. The first-order valence-corrected chi connectivity index (χ1v) is 11.1. The summed E-state index contributed by atoms with van der Waals surface area (Å²) >= 11 is 11.6. The topological polar surface area (TPSA) is 75.3 Å². The minimum Gasteiger partial charge on any atom is -0.322 e. The summed E-state index contributed by atoms with van der Waals surface area (Å²) in [6.07, 6.45) is 2.63. The summed E-state index contributed by atoms with van der Waals surface area (Å²) < 4.78 is 54.9. The van der Waals surface area contributed by atoms with Crippen LogP contribution in [0, 0.1) is 17.6 Å².